The van der Waals surface area contributed by atoms with E-state index < -0.39 is 12.1 Å². The molecule has 0 aromatic carbocycles. The lowest BCUT2D eigenvalue weighted by atomic mass is 10.0. The SMILES string of the molecule is CCC(OC(=O)c1ccco1)C(=O)NC(C)(C)CC. The van der Waals surface area contributed by atoms with Crippen molar-refractivity contribution in [1.82, 2.24) is 5.32 Å². The van der Waals surface area contributed by atoms with Crippen molar-refractivity contribution in [2.75, 3.05) is 0 Å². The van der Waals surface area contributed by atoms with Gasteiger partial charge in [0.2, 0.25) is 5.76 Å². The Balaban J connectivity index is 2.63. The van der Waals surface area contributed by atoms with E-state index in [2.05, 4.69) is 5.32 Å². The van der Waals surface area contributed by atoms with Gasteiger partial charge in [0, 0.05) is 5.54 Å². The summed E-state index contributed by atoms with van der Waals surface area (Å²) in [6.45, 7) is 7.62. The van der Waals surface area contributed by atoms with Crippen LogP contribution in [0, 0.1) is 0 Å². The van der Waals surface area contributed by atoms with Crippen molar-refractivity contribution in [3.63, 3.8) is 0 Å². The third kappa shape index (κ3) is 4.43. The second-order valence-electron chi connectivity index (χ2n) is 5.01. The van der Waals surface area contributed by atoms with Crippen LogP contribution in [0.2, 0.25) is 0 Å². The first-order valence-corrected chi connectivity index (χ1v) is 6.46. The predicted octanol–water partition coefficient (Wildman–Crippen LogP) is 2.52. The van der Waals surface area contributed by atoms with Gasteiger partial charge in [-0.25, -0.2) is 4.79 Å². The fourth-order valence-electron chi connectivity index (χ4n) is 1.41. The van der Waals surface area contributed by atoms with E-state index in [9.17, 15) is 9.59 Å². The molecule has 0 radical (unpaired) electrons. The maximum atomic E-state index is 12.0. The number of carbonyl (C=O) groups is 2. The van der Waals surface area contributed by atoms with Crippen molar-refractivity contribution in [2.24, 2.45) is 0 Å². The van der Waals surface area contributed by atoms with Crippen LogP contribution in [0.5, 0.6) is 0 Å². The zero-order valence-electron chi connectivity index (χ0n) is 11.9. The van der Waals surface area contributed by atoms with E-state index in [4.69, 9.17) is 9.15 Å². The van der Waals surface area contributed by atoms with E-state index in [1.807, 2.05) is 20.8 Å². The van der Waals surface area contributed by atoms with Crippen molar-refractivity contribution in [2.45, 2.75) is 52.2 Å². The molecule has 0 aliphatic rings. The molecule has 0 saturated carbocycles. The highest BCUT2D eigenvalue weighted by Gasteiger charge is 2.27. The second kappa shape index (κ2) is 6.41. The van der Waals surface area contributed by atoms with E-state index in [1.54, 1.807) is 13.0 Å². The zero-order chi connectivity index (χ0) is 14.5. The number of esters is 1. The maximum absolute atomic E-state index is 12.0. The fraction of sp³-hybridized carbons (Fsp3) is 0.571. The molecule has 0 saturated heterocycles. The normalized spacial score (nSPS) is 12.8. The number of ether oxygens (including phenoxy) is 1. The molecular weight excluding hydrogens is 246 g/mol. The molecular formula is C14H21NO4. The highest BCUT2D eigenvalue weighted by atomic mass is 16.6. The minimum Gasteiger partial charge on any atom is -0.457 e. The average molecular weight is 267 g/mol. The third-order valence-electron chi connectivity index (χ3n) is 2.98. The van der Waals surface area contributed by atoms with Crippen LogP contribution in [-0.4, -0.2) is 23.5 Å². The molecule has 1 aromatic heterocycles. The van der Waals surface area contributed by atoms with Gasteiger partial charge in [-0.1, -0.05) is 13.8 Å². The molecule has 1 rings (SSSR count). The van der Waals surface area contributed by atoms with E-state index >= 15 is 0 Å². The van der Waals surface area contributed by atoms with Crippen LogP contribution in [0.4, 0.5) is 0 Å². The van der Waals surface area contributed by atoms with Gasteiger partial charge < -0.3 is 14.5 Å². The lowest BCUT2D eigenvalue weighted by molar-refractivity contribution is -0.131. The van der Waals surface area contributed by atoms with Crippen LogP contribution in [0.15, 0.2) is 22.8 Å². The first-order chi connectivity index (χ1) is 8.89. The smallest absolute Gasteiger partial charge is 0.374 e. The second-order valence-corrected chi connectivity index (χ2v) is 5.01. The number of amides is 1. The molecule has 0 aliphatic heterocycles. The minimum atomic E-state index is -0.802. The molecule has 106 valence electrons. The molecule has 0 bridgehead atoms. The Hall–Kier alpha value is -1.78. The van der Waals surface area contributed by atoms with Crippen LogP contribution in [-0.2, 0) is 9.53 Å². The van der Waals surface area contributed by atoms with Gasteiger partial charge in [-0.15, -0.1) is 0 Å². The largest absolute Gasteiger partial charge is 0.457 e. The summed E-state index contributed by atoms with van der Waals surface area (Å²) in [7, 11) is 0. The van der Waals surface area contributed by atoms with Gasteiger partial charge in [0.05, 0.1) is 6.26 Å². The molecule has 1 unspecified atom stereocenters. The Kier molecular flexibility index (Phi) is 5.15. The van der Waals surface area contributed by atoms with Crippen molar-refractivity contribution >= 4 is 11.9 Å². The van der Waals surface area contributed by atoms with Crippen LogP contribution in [0.25, 0.3) is 0 Å². The number of hydrogen-bond donors (Lipinski definition) is 1. The summed E-state index contributed by atoms with van der Waals surface area (Å²) < 4.78 is 10.1. The van der Waals surface area contributed by atoms with E-state index in [0.717, 1.165) is 6.42 Å². The summed E-state index contributed by atoms with van der Waals surface area (Å²) in [4.78, 5) is 23.8. The fourth-order valence-corrected chi connectivity index (χ4v) is 1.41. The monoisotopic (exact) mass is 267 g/mol. The van der Waals surface area contributed by atoms with Crippen molar-refractivity contribution in [3.8, 4) is 0 Å². The van der Waals surface area contributed by atoms with Crippen LogP contribution >= 0.6 is 0 Å². The number of carbonyl (C=O) groups excluding carboxylic acids is 2. The van der Waals surface area contributed by atoms with Crippen molar-refractivity contribution in [1.29, 1.82) is 0 Å². The highest BCUT2D eigenvalue weighted by Crippen LogP contribution is 2.11. The van der Waals surface area contributed by atoms with Crippen molar-refractivity contribution < 1.29 is 18.7 Å². The molecule has 0 aliphatic carbocycles. The Morgan fingerprint density at radius 2 is 2.11 bits per heavy atom. The summed E-state index contributed by atoms with van der Waals surface area (Å²) in [5, 5.41) is 2.86. The molecule has 1 atom stereocenters. The average Bonchev–Trinajstić information content (AvgIpc) is 2.88. The summed E-state index contributed by atoms with van der Waals surface area (Å²) in [5.74, 6) is -0.809. The Morgan fingerprint density at radius 1 is 1.42 bits per heavy atom. The number of hydrogen-bond acceptors (Lipinski definition) is 4. The quantitative estimate of drug-likeness (QED) is 0.804. The van der Waals surface area contributed by atoms with Gasteiger partial charge in [-0.05, 0) is 38.8 Å². The van der Waals surface area contributed by atoms with Crippen LogP contribution in [0.1, 0.15) is 51.1 Å². The standard InChI is InChI=1S/C14H21NO4/c1-5-10(12(16)15-14(3,4)6-2)19-13(17)11-8-7-9-18-11/h7-10H,5-6H2,1-4H3,(H,15,16). The Morgan fingerprint density at radius 3 is 2.58 bits per heavy atom. The summed E-state index contributed by atoms with van der Waals surface area (Å²) >= 11 is 0. The Bertz CT molecular complexity index is 423. The van der Waals surface area contributed by atoms with Crippen molar-refractivity contribution in [3.05, 3.63) is 24.2 Å². The van der Waals surface area contributed by atoms with Gasteiger partial charge in [0.25, 0.3) is 5.91 Å². The molecule has 1 aromatic rings. The third-order valence-corrected chi connectivity index (χ3v) is 2.98. The maximum Gasteiger partial charge on any atom is 0.374 e. The number of furan rings is 1. The van der Waals surface area contributed by atoms with Gasteiger partial charge in [-0.2, -0.15) is 0 Å². The lowest BCUT2D eigenvalue weighted by Gasteiger charge is -2.27. The van der Waals surface area contributed by atoms with Crippen LogP contribution < -0.4 is 5.32 Å². The van der Waals surface area contributed by atoms with E-state index in [-0.39, 0.29) is 17.2 Å². The molecule has 5 nitrogen and oxygen atoms in total. The van der Waals surface area contributed by atoms with Gasteiger partial charge >= 0.3 is 5.97 Å². The molecule has 1 heterocycles. The molecule has 19 heavy (non-hydrogen) atoms. The topological polar surface area (TPSA) is 68.5 Å². The van der Waals surface area contributed by atoms with Gasteiger partial charge in [0.15, 0.2) is 6.10 Å². The first kappa shape index (κ1) is 15.3. The summed E-state index contributed by atoms with van der Waals surface area (Å²) in [5.41, 5.74) is -0.318. The molecule has 1 N–H and O–H groups in total. The molecule has 0 fully saturated rings. The van der Waals surface area contributed by atoms with E-state index in [1.165, 1.54) is 12.3 Å². The lowest BCUT2D eigenvalue weighted by Crippen LogP contribution is -2.48. The molecule has 0 spiro atoms. The zero-order valence-corrected chi connectivity index (χ0v) is 11.9. The molecule has 5 heteroatoms. The van der Waals surface area contributed by atoms with Gasteiger partial charge in [0.1, 0.15) is 0 Å². The summed E-state index contributed by atoms with van der Waals surface area (Å²) in [6.07, 6.45) is 1.79. The summed E-state index contributed by atoms with van der Waals surface area (Å²) in [6, 6.07) is 3.10. The van der Waals surface area contributed by atoms with Gasteiger partial charge in [-0.3, -0.25) is 4.79 Å². The number of nitrogens with one attached hydrogen (secondary N) is 1. The highest BCUT2D eigenvalue weighted by molar-refractivity contribution is 5.90. The van der Waals surface area contributed by atoms with E-state index in [0.29, 0.717) is 6.42 Å². The predicted molar refractivity (Wildman–Crippen MR) is 70.7 cm³/mol. The first-order valence-electron chi connectivity index (χ1n) is 6.46. The minimum absolute atomic E-state index is 0.0981. The Labute approximate surface area is 113 Å². The number of rotatable bonds is 6. The van der Waals surface area contributed by atoms with Crippen LogP contribution in [0.3, 0.4) is 0 Å². The molecule has 1 amide bonds.